The van der Waals surface area contributed by atoms with E-state index in [0.29, 0.717) is 6.04 Å². The lowest BCUT2D eigenvalue weighted by Gasteiger charge is -2.14. The maximum Gasteiger partial charge on any atom is 0.161 e. The van der Waals surface area contributed by atoms with Gasteiger partial charge in [-0.1, -0.05) is 12.1 Å². The van der Waals surface area contributed by atoms with E-state index in [1.807, 2.05) is 17.4 Å². The van der Waals surface area contributed by atoms with Crippen LogP contribution in [0.4, 0.5) is 0 Å². The summed E-state index contributed by atoms with van der Waals surface area (Å²) >= 11 is 1.82. The van der Waals surface area contributed by atoms with Crippen LogP contribution < -0.4 is 14.8 Å². The Morgan fingerprint density at radius 1 is 1.19 bits per heavy atom. The number of fused-ring (bicyclic) bond motifs is 1. The fraction of sp³-hybridized carbons (Fsp3) is 0.412. The lowest BCUT2D eigenvalue weighted by Crippen LogP contribution is -2.27. The fourth-order valence-electron chi connectivity index (χ4n) is 2.41. The summed E-state index contributed by atoms with van der Waals surface area (Å²) in [5, 5.41) is 5.70. The second-order valence-electron chi connectivity index (χ2n) is 5.40. The summed E-state index contributed by atoms with van der Waals surface area (Å²) < 4.78 is 11.4. The molecule has 112 valence electrons. The van der Waals surface area contributed by atoms with Crippen LogP contribution in [0.3, 0.4) is 0 Å². The van der Waals surface area contributed by atoms with Gasteiger partial charge >= 0.3 is 0 Å². The van der Waals surface area contributed by atoms with Crippen molar-refractivity contribution < 1.29 is 9.47 Å². The summed E-state index contributed by atoms with van der Waals surface area (Å²) in [6.07, 6.45) is 2.02. The average molecular weight is 303 g/mol. The number of hydrogen-bond acceptors (Lipinski definition) is 4. The van der Waals surface area contributed by atoms with Crippen molar-refractivity contribution >= 4 is 11.3 Å². The predicted octanol–water partition coefficient (Wildman–Crippen LogP) is 3.63. The number of thiophene rings is 1. The minimum absolute atomic E-state index is 0.458. The molecule has 1 aliphatic rings. The minimum atomic E-state index is 0.458. The van der Waals surface area contributed by atoms with Crippen molar-refractivity contribution in [2.45, 2.75) is 32.4 Å². The lowest BCUT2D eigenvalue weighted by atomic mass is 10.1. The molecule has 0 radical (unpaired) electrons. The van der Waals surface area contributed by atoms with Crippen LogP contribution in [0.15, 0.2) is 35.7 Å². The van der Waals surface area contributed by atoms with E-state index in [2.05, 4.69) is 41.9 Å². The summed E-state index contributed by atoms with van der Waals surface area (Å²) in [7, 11) is 0. The van der Waals surface area contributed by atoms with E-state index in [4.69, 9.17) is 9.47 Å². The van der Waals surface area contributed by atoms with E-state index < -0.39 is 0 Å². The molecule has 1 aromatic heterocycles. The van der Waals surface area contributed by atoms with Crippen LogP contribution in [0.1, 0.15) is 23.8 Å². The van der Waals surface area contributed by atoms with Crippen molar-refractivity contribution in [1.82, 2.24) is 5.32 Å². The molecule has 1 atom stereocenters. The monoisotopic (exact) mass is 303 g/mol. The quantitative estimate of drug-likeness (QED) is 0.915. The molecule has 4 heteroatoms. The normalized spacial score (nSPS) is 15.5. The maximum absolute atomic E-state index is 5.73. The number of benzene rings is 1. The van der Waals surface area contributed by atoms with Crippen molar-refractivity contribution in [3.63, 3.8) is 0 Å². The van der Waals surface area contributed by atoms with Crippen LogP contribution in [-0.4, -0.2) is 19.3 Å². The highest BCUT2D eigenvalue weighted by atomic mass is 32.1. The topological polar surface area (TPSA) is 30.5 Å². The van der Waals surface area contributed by atoms with Gasteiger partial charge in [0.25, 0.3) is 0 Å². The number of rotatable bonds is 5. The van der Waals surface area contributed by atoms with Crippen LogP contribution in [0.25, 0.3) is 0 Å². The molecule has 1 unspecified atom stereocenters. The number of ether oxygens (including phenoxy) is 2. The lowest BCUT2D eigenvalue weighted by molar-refractivity contribution is 0.297. The van der Waals surface area contributed by atoms with E-state index in [-0.39, 0.29) is 0 Å². The molecule has 1 aliphatic heterocycles. The van der Waals surface area contributed by atoms with Crippen LogP contribution in [0, 0.1) is 0 Å². The minimum Gasteiger partial charge on any atom is -0.490 e. The largest absolute Gasteiger partial charge is 0.490 e. The van der Waals surface area contributed by atoms with Gasteiger partial charge in [-0.25, -0.2) is 0 Å². The Balaban J connectivity index is 1.56. The van der Waals surface area contributed by atoms with E-state index >= 15 is 0 Å². The van der Waals surface area contributed by atoms with Gasteiger partial charge < -0.3 is 14.8 Å². The molecule has 1 N–H and O–H groups in total. The fourth-order valence-corrected chi connectivity index (χ4v) is 3.25. The molecule has 0 spiro atoms. The molecule has 3 rings (SSSR count). The Kier molecular flexibility index (Phi) is 4.78. The van der Waals surface area contributed by atoms with Gasteiger partial charge in [-0.15, -0.1) is 11.3 Å². The Morgan fingerprint density at radius 2 is 2.05 bits per heavy atom. The zero-order valence-electron chi connectivity index (χ0n) is 12.3. The SMILES string of the molecule is CC(Cc1cccs1)NCc1ccc2c(c1)OCCCO2. The number of hydrogen-bond donors (Lipinski definition) is 1. The maximum atomic E-state index is 5.73. The molecule has 0 saturated carbocycles. The van der Waals surface area contributed by atoms with Gasteiger partial charge in [0.05, 0.1) is 13.2 Å². The van der Waals surface area contributed by atoms with Crippen molar-refractivity contribution in [3.8, 4) is 11.5 Å². The highest BCUT2D eigenvalue weighted by molar-refractivity contribution is 7.09. The van der Waals surface area contributed by atoms with Crippen molar-refractivity contribution in [2.75, 3.05) is 13.2 Å². The standard InChI is InChI=1S/C17H21NO2S/c1-13(10-15-4-2-9-21-15)18-12-14-5-6-16-17(11-14)20-8-3-7-19-16/h2,4-6,9,11,13,18H,3,7-8,10,12H2,1H3. The second kappa shape index (κ2) is 6.96. The van der Waals surface area contributed by atoms with Crippen molar-refractivity contribution in [3.05, 3.63) is 46.2 Å². The first-order valence-electron chi connectivity index (χ1n) is 7.45. The van der Waals surface area contributed by atoms with Gasteiger partial charge in [-0.3, -0.25) is 0 Å². The van der Waals surface area contributed by atoms with Crippen molar-refractivity contribution in [2.24, 2.45) is 0 Å². The van der Waals surface area contributed by atoms with Gasteiger partial charge in [0.1, 0.15) is 0 Å². The van der Waals surface area contributed by atoms with Gasteiger partial charge in [-0.2, -0.15) is 0 Å². The molecule has 0 bridgehead atoms. The summed E-state index contributed by atoms with van der Waals surface area (Å²) in [5.74, 6) is 1.74. The highest BCUT2D eigenvalue weighted by Gasteiger charge is 2.11. The molecular weight excluding hydrogens is 282 g/mol. The molecular formula is C17H21NO2S. The molecule has 0 fully saturated rings. The summed E-state index contributed by atoms with van der Waals surface area (Å²) in [5.41, 5.74) is 1.23. The average Bonchev–Trinajstić information content (AvgIpc) is 2.88. The van der Waals surface area contributed by atoms with E-state index in [9.17, 15) is 0 Å². The molecule has 3 nitrogen and oxygen atoms in total. The van der Waals surface area contributed by atoms with E-state index in [0.717, 1.165) is 44.1 Å². The molecule has 2 heterocycles. The first-order valence-corrected chi connectivity index (χ1v) is 8.33. The van der Waals surface area contributed by atoms with Crippen molar-refractivity contribution in [1.29, 1.82) is 0 Å². The van der Waals surface area contributed by atoms with Crippen LogP contribution >= 0.6 is 11.3 Å². The highest BCUT2D eigenvalue weighted by Crippen LogP contribution is 2.30. The molecule has 0 saturated heterocycles. The smallest absolute Gasteiger partial charge is 0.161 e. The molecule has 21 heavy (non-hydrogen) atoms. The Morgan fingerprint density at radius 3 is 2.86 bits per heavy atom. The molecule has 1 aromatic carbocycles. The molecule has 2 aromatic rings. The van der Waals surface area contributed by atoms with Gasteiger partial charge in [-0.05, 0) is 42.5 Å². The number of nitrogens with one attached hydrogen (secondary N) is 1. The van der Waals surface area contributed by atoms with Gasteiger partial charge in [0, 0.05) is 23.9 Å². The zero-order chi connectivity index (χ0) is 14.5. The Bertz CT molecular complexity index is 568. The third kappa shape index (κ3) is 3.99. The summed E-state index contributed by atoms with van der Waals surface area (Å²) in [4.78, 5) is 1.42. The summed E-state index contributed by atoms with van der Waals surface area (Å²) in [6, 6.07) is 11.0. The first-order chi connectivity index (χ1) is 10.3. The molecule has 0 amide bonds. The van der Waals surface area contributed by atoms with Crippen LogP contribution in [0.5, 0.6) is 11.5 Å². The van der Waals surface area contributed by atoms with E-state index in [1.165, 1.54) is 10.4 Å². The third-order valence-electron chi connectivity index (χ3n) is 3.55. The van der Waals surface area contributed by atoms with Crippen LogP contribution in [-0.2, 0) is 13.0 Å². The van der Waals surface area contributed by atoms with Crippen LogP contribution in [0.2, 0.25) is 0 Å². The first kappa shape index (κ1) is 14.4. The predicted molar refractivity (Wildman–Crippen MR) is 86.4 cm³/mol. The zero-order valence-corrected chi connectivity index (χ0v) is 13.1. The summed E-state index contributed by atoms with van der Waals surface area (Å²) in [6.45, 7) is 4.55. The third-order valence-corrected chi connectivity index (χ3v) is 4.45. The Hall–Kier alpha value is -1.52. The Labute approximate surface area is 129 Å². The molecule has 0 aliphatic carbocycles. The second-order valence-corrected chi connectivity index (χ2v) is 6.43. The van der Waals surface area contributed by atoms with Gasteiger partial charge in [0.15, 0.2) is 11.5 Å². The van der Waals surface area contributed by atoms with Gasteiger partial charge in [0.2, 0.25) is 0 Å². The van der Waals surface area contributed by atoms with E-state index in [1.54, 1.807) is 0 Å².